The van der Waals surface area contributed by atoms with Crippen LogP contribution in [-0.4, -0.2) is 34.5 Å². The van der Waals surface area contributed by atoms with Crippen molar-refractivity contribution in [1.82, 2.24) is 15.2 Å². The van der Waals surface area contributed by atoms with E-state index in [2.05, 4.69) is 63.9 Å². The molecule has 2 aliphatic rings. The van der Waals surface area contributed by atoms with Gasteiger partial charge in [0.15, 0.2) is 0 Å². The van der Waals surface area contributed by atoms with Crippen LogP contribution in [0.3, 0.4) is 0 Å². The lowest BCUT2D eigenvalue weighted by Gasteiger charge is -2.26. The molecule has 2 aromatic carbocycles. The Labute approximate surface area is 159 Å². The van der Waals surface area contributed by atoms with Gasteiger partial charge in [-0.25, -0.2) is 4.79 Å². The van der Waals surface area contributed by atoms with Crippen LogP contribution in [-0.2, 0) is 0 Å². The maximum Gasteiger partial charge on any atom is 0.317 e. The molecule has 2 fully saturated rings. The average Bonchev–Trinajstić information content (AvgIpc) is 3.17. The van der Waals surface area contributed by atoms with Crippen molar-refractivity contribution in [3.05, 3.63) is 71.9 Å². The third-order valence-electron chi connectivity index (χ3n) is 6.32. The van der Waals surface area contributed by atoms with Gasteiger partial charge in [0.05, 0.1) is 0 Å². The molecule has 27 heavy (non-hydrogen) atoms. The van der Waals surface area contributed by atoms with Gasteiger partial charge in [0.25, 0.3) is 0 Å². The summed E-state index contributed by atoms with van der Waals surface area (Å²) in [7, 11) is 0. The molecule has 2 heterocycles. The summed E-state index contributed by atoms with van der Waals surface area (Å²) in [4.78, 5) is 18.3. The number of aromatic amines is 1. The molecule has 1 aromatic heterocycles. The number of para-hydroxylation sites is 1. The Bertz CT molecular complexity index is 958. The van der Waals surface area contributed by atoms with Crippen LogP contribution < -0.4 is 5.32 Å². The number of rotatable bonds is 4. The smallest absolute Gasteiger partial charge is 0.317 e. The minimum atomic E-state index is 0.103. The molecule has 1 aliphatic heterocycles. The van der Waals surface area contributed by atoms with Crippen molar-refractivity contribution in [2.75, 3.05) is 13.1 Å². The second kappa shape index (κ2) is 6.45. The monoisotopic (exact) mass is 359 g/mol. The van der Waals surface area contributed by atoms with E-state index in [-0.39, 0.29) is 17.5 Å². The first kappa shape index (κ1) is 16.4. The first-order valence-corrected chi connectivity index (χ1v) is 9.93. The number of carbonyl (C=O) groups excluding carboxylic acids is 1. The minimum Gasteiger partial charge on any atom is -0.361 e. The van der Waals surface area contributed by atoms with Crippen molar-refractivity contribution in [2.45, 2.75) is 37.1 Å². The fourth-order valence-electron chi connectivity index (χ4n) is 4.68. The number of hydrogen-bond donors (Lipinski definition) is 2. The fourth-order valence-corrected chi connectivity index (χ4v) is 4.68. The van der Waals surface area contributed by atoms with E-state index >= 15 is 0 Å². The molecule has 1 unspecified atom stereocenters. The first-order chi connectivity index (χ1) is 13.3. The number of H-pyrrole nitrogens is 1. The van der Waals surface area contributed by atoms with E-state index in [4.69, 9.17) is 0 Å². The lowest BCUT2D eigenvalue weighted by Crippen LogP contribution is -2.45. The lowest BCUT2D eigenvalue weighted by molar-refractivity contribution is 0.187. The molecule has 5 rings (SSSR count). The van der Waals surface area contributed by atoms with Crippen molar-refractivity contribution in [1.29, 1.82) is 0 Å². The van der Waals surface area contributed by atoms with E-state index in [9.17, 15) is 4.79 Å². The van der Waals surface area contributed by atoms with Crippen molar-refractivity contribution in [2.24, 2.45) is 0 Å². The zero-order valence-corrected chi connectivity index (χ0v) is 15.4. The predicted molar refractivity (Wildman–Crippen MR) is 108 cm³/mol. The summed E-state index contributed by atoms with van der Waals surface area (Å²) in [6.07, 6.45) is 6.74. The average molecular weight is 359 g/mol. The van der Waals surface area contributed by atoms with Gasteiger partial charge in [-0.05, 0) is 42.9 Å². The van der Waals surface area contributed by atoms with Crippen LogP contribution in [0.1, 0.15) is 42.7 Å². The van der Waals surface area contributed by atoms with Gasteiger partial charge in [-0.15, -0.1) is 0 Å². The number of carbonyl (C=O) groups is 1. The Hall–Kier alpha value is -2.75. The van der Waals surface area contributed by atoms with Crippen molar-refractivity contribution in [3.63, 3.8) is 0 Å². The topological polar surface area (TPSA) is 48.1 Å². The zero-order valence-electron chi connectivity index (χ0n) is 15.4. The highest BCUT2D eigenvalue weighted by atomic mass is 16.2. The standard InChI is InChI=1S/C23H25N3O/c27-22(26-14-6-11-23(26)12-13-23)25-15-19(17-7-2-1-3-8-17)20-16-24-21-10-5-4-9-18(20)21/h1-5,7-10,16,19,24H,6,11-15H2,(H,25,27). The largest absolute Gasteiger partial charge is 0.361 e. The van der Waals surface area contributed by atoms with Gasteiger partial charge in [0.2, 0.25) is 0 Å². The number of amides is 2. The highest BCUT2D eigenvalue weighted by Crippen LogP contribution is 2.49. The van der Waals surface area contributed by atoms with Crippen LogP contribution in [0, 0.1) is 0 Å². The lowest BCUT2D eigenvalue weighted by atomic mass is 9.91. The van der Waals surface area contributed by atoms with Gasteiger partial charge in [-0.3, -0.25) is 0 Å². The SMILES string of the molecule is O=C(NCC(c1ccccc1)c1c[nH]c2ccccc12)N1CCCC12CC2. The quantitative estimate of drug-likeness (QED) is 0.700. The van der Waals surface area contributed by atoms with E-state index in [1.807, 2.05) is 12.1 Å². The van der Waals surface area contributed by atoms with Gasteiger partial charge >= 0.3 is 6.03 Å². The highest BCUT2D eigenvalue weighted by molar-refractivity contribution is 5.84. The number of nitrogens with zero attached hydrogens (tertiary/aromatic N) is 1. The molecule has 1 saturated heterocycles. The molecular formula is C23H25N3O. The Kier molecular flexibility index (Phi) is 3.92. The van der Waals surface area contributed by atoms with E-state index < -0.39 is 0 Å². The summed E-state index contributed by atoms with van der Waals surface area (Å²) in [6, 6.07) is 18.9. The molecule has 3 aromatic rings. The maximum absolute atomic E-state index is 12.9. The Morgan fingerprint density at radius 2 is 1.85 bits per heavy atom. The maximum atomic E-state index is 12.9. The highest BCUT2D eigenvalue weighted by Gasteiger charge is 2.52. The van der Waals surface area contributed by atoms with Gasteiger partial charge in [-0.1, -0.05) is 48.5 Å². The van der Waals surface area contributed by atoms with E-state index in [0.717, 1.165) is 18.5 Å². The Balaban J connectivity index is 1.42. The van der Waals surface area contributed by atoms with Crippen molar-refractivity contribution < 1.29 is 4.79 Å². The number of likely N-dealkylation sites (tertiary alicyclic amines) is 1. The van der Waals surface area contributed by atoms with Gasteiger partial charge < -0.3 is 15.2 Å². The van der Waals surface area contributed by atoms with E-state index in [0.29, 0.717) is 6.54 Å². The van der Waals surface area contributed by atoms with Crippen LogP contribution in [0.4, 0.5) is 4.79 Å². The number of fused-ring (bicyclic) bond motifs is 1. The molecule has 0 radical (unpaired) electrons. The molecule has 4 heteroatoms. The van der Waals surface area contributed by atoms with Crippen LogP contribution in [0.2, 0.25) is 0 Å². The van der Waals surface area contributed by atoms with Crippen LogP contribution in [0.5, 0.6) is 0 Å². The minimum absolute atomic E-state index is 0.103. The second-order valence-corrected chi connectivity index (χ2v) is 7.92. The molecule has 2 amide bonds. The third-order valence-corrected chi connectivity index (χ3v) is 6.32. The van der Waals surface area contributed by atoms with Crippen LogP contribution >= 0.6 is 0 Å². The summed E-state index contributed by atoms with van der Waals surface area (Å²) in [5.74, 6) is 0.129. The fraction of sp³-hybridized carbons (Fsp3) is 0.348. The summed E-state index contributed by atoms with van der Waals surface area (Å²) in [5, 5.41) is 4.47. The van der Waals surface area contributed by atoms with Crippen LogP contribution in [0.25, 0.3) is 10.9 Å². The summed E-state index contributed by atoms with van der Waals surface area (Å²) in [5.41, 5.74) is 3.79. The second-order valence-electron chi connectivity index (χ2n) is 7.92. The summed E-state index contributed by atoms with van der Waals surface area (Å²) >= 11 is 0. The Morgan fingerprint density at radius 3 is 2.67 bits per heavy atom. The van der Waals surface area contributed by atoms with Gasteiger partial charge in [-0.2, -0.15) is 0 Å². The number of aromatic nitrogens is 1. The Morgan fingerprint density at radius 1 is 1.07 bits per heavy atom. The number of benzene rings is 2. The van der Waals surface area contributed by atoms with E-state index in [1.165, 1.54) is 35.8 Å². The summed E-state index contributed by atoms with van der Waals surface area (Å²) < 4.78 is 0. The number of nitrogens with one attached hydrogen (secondary N) is 2. The van der Waals surface area contributed by atoms with Gasteiger partial charge in [0.1, 0.15) is 0 Å². The normalized spacial score (nSPS) is 18.7. The molecule has 1 spiro atoms. The third kappa shape index (κ3) is 2.89. The van der Waals surface area contributed by atoms with Crippen LogP contribution in [0.15, 0.2) is 60.8 Å². The van der Waals surface area contributed by atoms with Crippen molar-refractivity contribution in [3.8, 4) is 0 Å². The summed E-state index contributed by atoms with van der Waals surface area (Å²) in [6.45, 7) is 1.51. The van der Waals surface area contributed by atoms with Crippen molar-refractivity contribution >= 4 is 16.9 Å². The molecule has 4 nitrogen and oxygen atoms in total. The van der Waals surface area contributed by atoms with Gasteiger partial charge in [0, 0.05) is 41.6 Å². The molecule has 1 aliphatic carbocycles. The predicted octanol–water partition coefficient (Wildman–Crippen LogP) is 4.64. The molecule has 138 valence electrons. The molecule has 1 saturated carbocycles. The molecule has 1 atom stereocenters. The zero-order chi connectivity index (χ0) is 18.3. The first-order valence-electron chi connectivity index (χ1n) is 9.93. The van der Waals surface area contributed by atoms with E-state index in [1.54, 1.807) is 0 Å². The number of hydrogen-bond acceptors (Lipinski definition) is 1. The molecular weight excluding hydrogens is 334 g/mol. The molecule has 0 bridgehead atoms. The number of urea groups is 1. The molecule has 2 N–H and O–H groups in total.